The molecule has 0 saturated carbocycles. The number of benzene rings is 2. The molecule has 0 spiro atoms. The summed E-state index contributed by atoms with van der Waals surface area (Å²) in [4.78, 5) is 40.2. The summed E-state index contributed by atoms with van der Waals surface area (Å²) in [6.45, 7) is 3.56. The molecule has 2 atom stereocenters. The quantitative estimate of drug-likeness (QED) is 0.573. The normalized spacial score (nSPS) is 16.1. The Kier molecular flexibility index (Phi) is 7.93. The zero-order valence-electron chi connectivity index (χ0n) is 19.1. The Bertz CT molecular complexity index is 1070. The third-order valence-corrected chi connectivity index (χ3v) is 5.67. The second-order valence-corrected chi connectivity index (χ2v) is 8.43. The number of carbonyl (C=O) groups is 3. The van der Waals surface area contributed by atoms with E-state index in [2.05, 4.69) is 16.0 Å². The first-order valence-electron chi connectivity index (χ1n) is 10.9. The highest BCUT2D eigenvalue weighted by Gasteiger charge is 2.40. The van der Waals surface area contributed by atoms with Gasteiger partial charge in [-0.3, -0.25) is 14.4 Å². The topological polar surface area (TPSA) is 90.5 Å². The number of hydrogen-bond donors (Lipinski definition) is 3. The van der Waals surface area contributed by atoms with E-state index in [-0.39, 0.29) is 24.6 Å². The van der Waals surface area contributed by atoms with Gasteiger partial charge in [-0.2, -0.15) is 0 Å². The van der Waals surface area contributed by atoms with Crippen molar-refractivity contribution in [3.05, 3.63) is 65.0 Å². The highest BCUT2D eigenvalue weighted by Crippen LogP contribution is 2.33. The van der Waals surface area contributed by atoms with Crippen LogP contribution < -0.4 is 16.0 Å². The molecule has 0 aliphatic carbocycles. The fourth-order valence-corrected chi connectivity index (χ4v) is 3.99. The van der Waals surface area contributed by atoms with Crippen LogP contribution in [0.1, 0.15) is 31.0 Å². The SMILES string of the molecule is CNCC(=O)N[C@H](C(=O)N1CCc2ccc(F)cc2[C@H]1C(=O)Nc1c(F)cccc1F)C(C)C. The van der Waals surface area contributed by atoms with Crippen molar-refractivity contribution in [2.45, 2.75) is 32.4 Å². The molecule has 2 aromatic carbocycles. The Morgan fingerprint density at radius 3 is 2.38 bits per heavy atom. The van der Waals surface area contributed by atoms with Gasteiger partial charge in [0.05, 0.1) is 6.54 Å². The van der Waals surface area contributed by atoms with Crippen molar-refractivity contribution >= 4 is 23.4 Å². The van der Waals surface area contributed by atoms with Crippen molar-refractivity contribution in [3.63, 3.8) is 0 Å². The summed E-state index contributed by atoms with van der Waals surface area (Å²) in [7, 11) is 1.59. The first-order chi connectivity index (χ1) is 16.1. The van der Waals surface area contributed by atoms with Crippen molar-refractivity contribution in [1.82, 2.24) is 15.5 Å². The third-order valence-electron chi connectivity index (χ3n) is 5.67. The molecule has 0 aromatic heterocycles. The zero-order chi connectivity index (χ0) is 25.0. The maximum atomic E-state index is 14.2. The number of rotatable bonds is 7. The number of anilines is 1. The zero-order valence-corrected chi connectivity index (χ0v) is 19.1. The molecule has 0 radical (unpaired) electrons. The highest BCUT2D eigenvalue weighted by molar-refractivity contribution is 5.99. The molecule has 3 N–H and O–H groups in total. The molecule has 0 bridgehead atoms. The number of nitrogens with zero attached hydrogens (tertiary/aromatic N) is 1. The van der Waals surface area contributed by atoms with Gasteiger partial charge in [0, 0.05) is 6.54 Å². The minimum atomic E-state index is -1.35. The van der Waals surface area contributed by atoms with Crippen LogP contribution >= 0.6 is 0 Å². The van der Waals surface area contributed by atoms with Crippen LogP contribution in [-0.4, -0.2) is 48.8 Å². The van der Waals surface area contributed by atoms with Gasteiger partial charge in [-0.05, 0) is 54.8 Å². The van der Waals surface area contributed by atoms with E-state index in [9.17, 15) is 27.6 Å². The fourth-order valence-electron chi connectivity index (χ4n) is 3.99. The largest absolute Gasteiger partial charge is 0.343 e. The predicted octanol–water partition coefficient (Wildman–Crippen LogP) is 2.53. The number of fused-ring (bicyclic) bond motifs is 1. The Labute approximate surface area is 195 Å². The minimum absolute atomic E-state index is 0.0129. The number of hydrogen-bond acceptors (Lipinski definition) is 4. The maximum absolute atomic E-state index is 14.2. The van der Waals surface area contributed by atoms with Gasteiger partial charge in [-0.25, -0.2) is 13.2 Å². The van der Waals surface area contributed by atoms with Crippen molar-refractivity contribution in [2.24, 2.45) is 5.92 Å². The number of nitrogens with one attached hydrogen (secondary N) is 3. The Hall–Kier alpha value is -3.40. The molecule has 1 aliphatic heterocycles. The van der Waals surface area contributed by atoms with Gasteiger partial charge in [-0.1, -0.05) is 26.0 Å². The highest BCUT2D eigenvalue weighted by atomic mass is 19.1. The Morgan fingerprint density at radius 2 is 1.76 bits per heavy atom. The number of halogens is 3. The Balaban J connectivity index is 2.00. The number of amides is 3. The molecule has 10 heteroatoms. The van der Waals surface area contributed by atoms with E-state index < -0.39 is 52.9 Å². The molecule has 2 aromatic rings. The monoisotopic (exact) mass is 476 g/mol. The fraction of sp³-hybridized carbons (Fsp3) is 0.375. The van der Waals surface area contributed by atoms with E-state index in [1.807, 2.05) is 0 Å². The van der Waals surface area contributed by atoms with E-state index >= 15 is 0 Å². The Morgan fingerprint density at radius 1 is 1.09 bits per heavy atom. The maximum Gasteiger partial charge on any atom is 0.251 e. The van der Waals surface area contributed by atoms with E-state index in [0.717, 1.165) is 24.3 Å². The molecule has 3 rings (SSSR count). The summed E-state index contributed by atoms with van der Waals surface area (Å²) >= 11 is 0. The number of likely N-dealkylation sites (N-methyl/N-ethyl adjacent to an activating group) is 1. The predicted molar refractivity (Wildman–Crippen MR) is 120 cm³/mol. The lowest BCUT2D eigenvalue weighted by molar-refractivity contribution is -0.143. The first-order valence-corrected chi connectivity index (χ1v) is 10.9. The second-order valence-electron chi connectivity index (χ2n) is 8.43. The van der Waals surface area contributed by atoms with Gasteiger partial charge >= 0.3 is 0 Å². The molecule has 0 unspecified atom stereocenters. The van der Waals surface area contributed by atoms with Gasteiger partial charge in [0.2, 0.25) is 11.8 Å². The standard InChI is InChI=1S/C24H27F3N4O3/c1-13(2)20(29-19(32)12-28-3)24(34)31-10-9-14-7-8-15(25)11-16(14)22(31)23(33)30-21-17(26)5-4-6-18(21)27/h4-8,11,13,20,22,28H,9-10,12H2,1-3H3,(H,29,32)(H,30,33)/t20-,22-/m0/s1. The van der Waals surface area contributed by atoms with Crippen LogP contribution in [0.25, 0.3) is 0 Å². The van der Waals surface area contributed by atoms with Crippen LogP contribution in [0.5, 0.6) is 0 Å². The molecular weight excluding hydrogens is 449 g/mol. The van der Waals surface area contributed by atoms with Crippen molar-refractivity contribution in [2.75, 3.05) is 25.5 Å². The molecule has 0 fully saturated rings. The van der Waals surface area contributed by atoms with E-state index in [1.165, 1.54) is 17.0 Å². The minimum Gasteiger partial charge on any atom is -0.343 e. The molecule has 182 valence electrons. The lowest BCUT2D eigenvalue weighted by Crippen LogP contribution is -2.56. The molecular formula is C24H27F3N4O3. The number of carbonyl (C=O) groups excluding carboxylic acids is 3. The van der Waals surface area contributed by atoms with Crippen LogP contribution in [0, 0.1) is 23.4 Å². The summed E-state index contributed by atoms with van der Waals surface area (Å²) in [5, 5.41) is 7.58. The lowest BCUT2D eigenvalue weighted by atomic mass is 9.90. The first kappa shape index (κ1) is 25.2. The van der Waals surface area contributed by atoms with Gasteiger partial charge in [0.1, 0.15) is 35.2 Å². The summed E-state index contributed by atoms with van der Waals surface area (Å²) in [5.41, 5.74) is 0.198. The summed E-state index contributed by atoms with van der Waals surface area (Å²) in [6, 6.07) is 4.72. The van der Waals surface area contributed by atoms with Gasteiger partial charge in [-0.15, -0.1) is 0 Å². The van der Waals surface area contributed by atoms with Crippen LogP contribution in [0.4, 0.5) is 18.9 Å². The average molecular weight is 476 g/mol. The third kappa shape index (κ3) is 5.39. The lowest BCUT2D eigenvalue weighted by Gasteiger charge is -2.39. The summed E-state index contributed by atoms with van der Waals surface area (Å²) < 4.78 is 42.5. The van der Waals surface area contributed by atoms with Crippen molar-refractivity contribution in [3.8, 4) is 0 Å². The molecule has 0 saturated heterocycles. The molecule has 1 aliphatic rings. The molecule has 7 nitrogen and oxygen atoms in total. The summed E-state index contributed by atoms with van der Waals surface area (Å²) in [5.74, 6) is -4.77. The number of para-hydroxylation sites is 1. The molecule has 34 heavy (non-hydrogen) atoms. The van der Waals surface area contributed by atoms with Crippen LogP contribution in [0.3, 0.4) is 0 Å². The van der Waals surface area contributed by atoms with Gasteiger partial charge < -0.3 is 20.9 Å². The van der Waals surface area contributed by atoms with E-state index in [1.54, 1.807) is 20.9 Å². The van der Waals surface area contributed by atoms with E-state index in [4.69, 9.17) is 0 Å². The van der Waals surface area contributed by atoms with Crippen molar-refractivity contribution in [1.29, 1.82) is 0 Å². The van der Waals surface area contributed by atoms with Gasteiger partial charge in [0.25, 0.3) is 5.91 Å². The second kappa shape index (κ2) is 10.7. The molecule has 1 heterocycles. The van der Waals surface area contributed by atoms with Crippen LogP contribution in [0.2, 0.25) is 0 Å². The van der Waals surface area contributed by atoms with Crippen LogP contribution in [0.15, 0.2) is 36.4 Å². The van der Waals surface area contributed by atoms with Gasteiger partial charge in [0.15, 0.2) is 0 Å². The average Bonchev–Trinajstić information content (AvgIpc) is 2.78. The van der Waals surface area contributed by atoms with E-state index in [0.29, 0.717) is 12.0 Å². The smallest absolute Gasteiger partial charge is 0.251 e. The summed E-state index contributed by atoms with van der Waals surface area (Å²) in [6.07, 6.45) is 0.342. The van der Waals surface area contributed by atoms with Crippen molar-refractivity contribution < 1.29 is 27.6 Å². The molecule has 3 amide bonds. The van der Waals surface area contributed by atoms with Crippen LogP contribution in [-0.2, 0) is 20.8 Å².